The van der Waals surface area contributed by atoms with Gasteiger partial charge < -0.3 is 19.7 Å². The topological polar surface area (TPSA) is 67.9 Å². The standard InChI is InChI=1S/C31H26Cl2N2O4/c1-31(24-16-22(11-13-26(24)33)34-29(36)19-7-5-4-6-8-19)25-15-21(32)10-14-27(25)35(30(31)37)18-20-9-12-23(38-2)17-28(20)39-3/h4-17H,18H2,1-3H3,(H,34,36). The van der Waals surface area contributed by atoms with Crippen molar-refractivity contribution >= 4 is 46.4 Å². The predicted octanol–water partition coefficient (Wildman–Crippen LogP) is 7.12. The summed E-state index contributed by atoms with van der Waals surface area (Å²) in [5.74, 6) is 0.825. The Morgan fingerprint density at radius 2 is 1.67 bits per heavy atom. The fourth-order valence-corrected chi connectivity index (χ4v) is 5.47. The number of carbonyl (C=O) groups excluding carboxylic acids is 2. The van der Waals surface area contributed by atoms with E-state index in [1.807, 2.05) is 31.2 Å². The highest BCUT2D eigenvalue weighted by Crippen LogP contribution is 2.50. The summed E-state index contributed by atoms with van der Waals surface area (Å²) in [6.07, 6.45) is 0. The number of fused-ring (bicyclic) bond motifs is 1. The molecule has 1 atom stereocenters. The number of hydrogen-bond acceptors (Lipinski definition) is 4. The van der Waals surface area contributed by atoms with E-state index in [0.29, 0.717) is 38.4 Å². The molecule has 1 aliphatic rings. The number of rotatable bonds is 7. The lowest BCUT2D eigenvalue weighted by Gasteiger charge is -2.27. The van der Waals surface area contributed by atoms with E-state index in [-0.39, 0.29) is 18.4 Å². The summed E-state index contributed by atoms with van der Waals surface area (Å²) in [7, 11) is 3.17. The van der Waals surface area contributed by atoms with Crippen LogP contribution in [-0.2, 0) is 16.8 Å². The minimum atomic E-state index is -1.16. The second-order valence-corrected chi connectivity index (χ2v) is 10.2. The van der Waals surface area contributed by atoms with E-state index in [1.165, 1.54) is 0 Å². The second-order valence-electron chi connectivity index (χ2n) is 9.37. The van der Waals surface area contributed by atoms with Crippen molar-refractivity contribution in [1.29, 1.82) is 0 Å². The van der Waals surface area contributed by atoms with Crippen molar-refractivity contribution in [2.24, 2.45) is 0 Å². The number of halogens is 2. The van der Waals surface area contributed by atoms with Gasteiger partial charge in [-0.1, -0.05) is 41.4 Å². The number of amides is 2. The van der Waals surface area contributed by atoms with Crippen molar-refractivity contribution in [3.8, 4) is 11.5 Å². The first-order valence-corrected chi connectivity index (χ1v) is 13.0. The molecule has 0 radical (unpaired) electrons. The lowest BCUT2D eigenvalue weighted by Crippen LogP contribution is -2.39. The van der Waals surface area contributed by atoms with Gasteiger partial charge in [-0.05, 0) is 78.7 Å². The van der Waals surface area contributed by atoms with Crippen LogP contribution in [0.2, 0.25) is 10.0 Å². The van der Waals surface area contributed by atoms with Crippen molar-refractivity contribution in [1.82, 2.24) is 0 Å². The van der Waals surface area contributed by atoms with Crippen LogP contribution in [0.3, 0.4) is 0 Å². The molecule has 0 aromatic heterocycles. The Balaban J connectivity index is 1.56. The molecule has 0 saturated heterocycles. The van der Waals surface area contributed by atoms with Gasteiger partial charge in [-0.3, -0.25) is 9.59 Å². The Bertz CT molecular complexity index is 1570. The molecule has 1 unspecified atom stereocenters. The first-order chi connectivity index (χ1) is 18.8. The number of nitrogens with one attached hydrogen (secondary N) is 1. The van der Waals surface area contributed by atoms with Crippen molar-refractivity contribution in [3.05, 3.63) is 117 Å². The summed E-state index contributed by atoms with van der Waals surface area (Å²) < 4.78 is 10.9. The monoisotopic (exact) mass is 560 g/mol. The third-order valence-electron chi connectivity index (χ3n) is 7.08. The molecule has 6 nitrogen and oxygen atoms in total. The Morgan fingerprint density at radius 3 is 2.38 bits per heavy atom. The summed E-state index contributed by atoms with van der Waals surface area (Å²) in [5, 5.41) is 3.82. The smallest absolute Gasteiger partial charge is 0.255 e. The zero-order valence-corrected chi connectivity index (χ0v) is 23.1. The van der Waals surface area contributed by atoms with Crippen LogP contribution in [0.25, 0.3) is 0 Å². The molecule has 1 heterocycles. The fourth-order valence-electron chi connectivity index (χ4n) is 4.99. The zero-order chi connectivity index (χ0) is 27.7. The predicted molar refractivity (Wildman–Crippen MR) is 154 cm³/mol. The molecule has 4 aromatic carbocycles. The quantitative estimate of drug-likeness (QED) is 0.261. The highest BCUT2D eigenvalue weighted by atomic mass is 35.5. The minimum absolute atomic E-state index is 0.175. The highest BCUT2D eigenvalue weighted by Gasteiger charge is 2.50. The Kier molecular flexibility index (Phi) is 7.25. The van der Waals surface area contributed by atoms with Gasteiger partial charge in [0.15, 0.2) is 0 Å². The zero-order valence-electron chi connectivity index (χ0n) is 21.6. The number of ether oxygens (including phenoxy) is 2. The molecule has 8 heteroatoms. The highest BCUT2D eigenvalue weighted by molar-refractivity contribution is 6.33. The van der Waals surface area contributed by atoms with Gasteiger partial charge in [0.05, 0.1) is 20.8 Å². The number of carbonyl (C=O) groups is 2. The molecule has 198 valence electrons. The Hall–Kier alpha value is -4.00. The van der Waals surface area contributed by atoms with Crippen LogP contribution in [0.15, 0.2) is 84.9 Å². The van der Waals surface area contributed by atoms with Crippen molar-refractivity contribution < 1.29 is 19.1 Å². The number of methoxy groups -OCH3 is 2. The maximum Gasteiger partial charge on any atom is 0.255 e. The molecule has 0 saturated carbocycles. The van der Waals surface area contributed by atoms with Gasteiger partial charge >= 0.3 is 0 Å². The molecule has 0 fully saturated rings. The summed E-state index contributed by atoms with van der Waals surface area (Å²) in [6, 6.07) is 25.0. The molecular formula is C31H26Cl2N2O4. The van der Waals surface area contributed by atoms with Crippen molar-refractivity contribution in [3.63, 3.8) is 0 Å². The van der Waals surface area contributed by atoms with E-state index in [0.717, 1.165) is 16.8 Å². The van der Waals surface area contributed by atoms with Crippen molar-refractivity contribution in [2.45, 2.75) is 18.9 Å². The molecule has 0 spiro atoms. The van der Waals surface area contributed by atoms with Crippen LogP contribution in [-0.4, -0.2) is 26.0 Å². The number of anilines is 2. The van der Waals surface area contributed by atoms with Gasteiger partial charge in [-0.2, -0.15) is 0 Å². The van der Waals surface area contributed by atoms with Crippen LogP contribution in [0.5, 0.6) is 11.5 Å². The van der Waals surface area contributed by atoms with Gasteiger partial charge in [0.2, 0.25) is 5.91 Å². The number of nitrogens with zero attached hydrogens (tertiary/aromatic N) is 1. The third-order valence-corrected chi connectivity index (χ3v) is 7.65. The number of benzene rings is 4. The average Bonchev–Trinajstić information content (AvgIpc) is 3.16. The van der Waals surface area contributed by atoms with Crippen molar-refractivity contribution in [2.75, 3.05) is 24.4 Å². The summed E-state index contributed by atoms with van der Waals surface area (Å²) in [6.45, 7) is 2.10. The van der Waals surface area contributed by atoms with Crippen LogP contribution in [0, 0.1) is 0 Å². The maximum absolute atomic E-state index is 14.3. The first-order valence-electron chi connectivity index (χ1n) is 12.3. The van der Waals surface area contributed by atoms with Crippen LogP contribution in [0.1, 0.15) is 34.0 Å². The van der Waals surface area contributed by atoms with E-state index in [9.17, 15) is 9.59 Å². The van der Waals surface area contributed by atoms with E-state index >= 15 is 0 Å². The second kappa shape index (κ2) is 10.6. The molecule has 1 aliphatic heterocycles. The summed E-state index contributed by atoms with van der Waals surface area (Å²) in [5.41, 5.74) is 2.70. The van der Waals surface area contributed by atoms with Gasteiger partial charge in [-0.15, -0.1) is 0 Å². The maximum atomic E-state index is 14.3. The average molecular weight is 561 g/mol. The van der Waals surface area contributed by atoms with E-state index in [4.69, 9.17) is 32.7 Å². The van der Waals surface area contributed by atoms with E-state index < -0.39 is 5.41 Å². The third kappa shape index (κ3) is 4.82. The SMILES string of the molecule is COc1ccc(CN2C(=O)C(C)(c3cc(NC(=O)c4ccccc4)ccc3Cl)c3cc(Cl)ccc32)c(OC)c1. The molecule has 1 N–H and O–H groups in total. The molecule has 4 aromatic rings. The van der Waals surface area contributed by atoms with E-state index in [2.05, 4.69) is 5.32 Å². The molecule has 5 rings (SSSR count). The van der Waals surface area contributed by atoms with Crippen LogP contribution >= 0.6 is 23.2 Å². The largest absolute Gasteiger partial charge is 0.497 e. The molecule has 2 amide bonds. The molecule has 0 aliphatic carbocycles. The minimum Gasteiger partial charge on any atom is -0.497 e. The lowest BCUT2D eigenvalue weighted by molar-refractivity contribution is -0.121. The lowest BCUT2D eigenvalue weighted by atomic mass is 9.77. The molecular weight excluding hydrogens is 535 g/mol. The Morgan fingerprint density at radius 1 is 0.897 bits per heavy atom. The van der Waals surface area contributed by atoms with Gasteiger partial charge in [-0.25, -0.2) is 0 Å². The summed E-state index contributed by atoms with van der Waals surface area (Å²) >= 11 is 13.2. The van der Waals surface area contributed by atoms with Gasteiger partial charge in [0, 0.05) is 38.6 Å². The fraction of sp³-hybridized carbons (Fsp3) is 0.161. The van der Waals surface area contributed by atoms with Crippen LogP contribution < -0.4 is 19.7 Å². The number of hydrogen-bond donors (Lipinski definition) is 1. The van der Waals surface area contributed by atoms with Gasteiger partial charge in [0.25, 0.3) is 5.91 Å². The normalized spacial score (nSPS) is 16.1. The van der Waals surface area contributed by atoms with E-state index in [1.54, 1.807) is 79.8 Å². The Labute approximate surface area is 237 Å². The molecule has 0 bridgehead atoms. The van der Waals surface area contributed by atoms with Crippen LogP contribution in [0.4, 0.5) is 11.4 Å². The molecule has 39 heavy (non-hydrogen) atoms. The van der Waals surface area contributed by atoms with Gasteiger partial charge in [0.1, 0.15) is 16.9 Å². The first kappa shape index (κ1) is 26.6. The summed E-state index contributed by atoms with van der Waals surface area (Å²) in [4.78, 5) is 28.8.